The number of Topliss-reactive ketones (excluding diaryl/α,β-unsaturated/α-hetero) is 1. The maximum absolute atomic E-state index is 11.6. The molecule has 0 amide bonds. The van der Waals surface area contributed by atoms with E-state index in [-0.39, 0.29) is 5.78 Å². The summed E-state index contributed by atoms with van der Waals surface area (Å²) in [7, 11) is 0. The van der Waals surface area contributed by atoms with Gasteiger partial charge in [0.15, 0.2) is 5.78 Å². The minimum atomic E-state index is 0.258. The molecule has 0 bridgehead atoms. The van der Waals surface area contributed by atoms with E-state index >= 15 is 0 Å². The average Bonchev–Trinajstić information content (AvgIpc) is 2.92. The highest BCUT2D eigenvalue weighted by molar-refractivity contribution is 9.10. The molecule has 2 nitrogen and oxygen atoms in total. The molecule has 90 valence electrons. The van der Waals surface area contributed by atoms with E-state index in [2.05, 4.69) is 15.9 Å². The first-order valence-electron chi connectivity index (χ1n) is 6.26. The lowest BCUT2D eigenvalue weighted by atomic mass is 10.1. The molecule has 0 heterocycles. The van der Waals surface area contributed by atoms with Crippen LogP contribution in [0.3, 0.4) is 0 Å². The number of hydrogen-bond donors (Lipinski definition) is 0. The van der Waals surface area contributed by atoms with Crippen molar-refractivity contribution in [3.63, 3.8) is 0 Å². The number of halogens is 1. The second-order valence-corrected chi connectivity index (χ2v) is 5.74. The largest absolute Gasteiger partial charge is 0.489 e. The van der Waals surface area contributed by atoms with Crippen molar-refractivity contribution in [2.45, 2.75) is 44.6 Å². The van der Waals surface area contributed by atoms with Gasteiger partial charge in [0, 0.05) is 12.0 Å². The summed E-state index contributed by atoms with van der Waals surface area (Å²) < 4.78 is 6.92. The van der Waals surface area contributed by atoms with Gasteiger partial charge in [0.05, 0.1) is 10.6 Å². The summed E-state index contributed by atoms with van der Waals surface area (Å²) in [6, 6.07) is 3.97. The topological polar surface area (TPSA) is 26.3 Å². The first-order valence-corrected chi connectivity index (χ1v) is 7.05. The Morgan fingerprint density at radius 3 is 2.71 bits per heavy atom. The number of benzene rings is 1. The lowest BCUT2D eigenvalue weighted by Gasteiger charge is -2.15. The van der Waals surface area contributed by atoms with Crippen LogP contribution < -0.4 is 4.74 Å². The minimum Gasteiger partial charge on any atom is -0.489 e. The SMILES string of the molecule is O=C1CCc2cc(OC3CCCC3)c(Br)cc21. The fraction of sp³-hybridized carbons (Fsp3) is 0.500. The summed E-state index contributed by atoms with van der Waals surface area (Å²) in [6.07, 6.45) is 6.72. The van der Waals surface area contributed by atoms with E-state index in [4.69, 9.17) is 4.74 Å². The zero-order chi connectivity index (χ0) is 11.8. The molecule has 0 aromatic heterocycles. The van der Waals surface area contributed by atoms with Crippen molar-refractivity contribution in [2.75, 3.05) is 0 Å². The van der Waals surface area contributed by atoms with Gasteiger partial charge in [0.25, 0.3) is 0 Å². The lowest BCUT2D eigenvalue weighted by Crippen LogP contribution is -2.11. The number of ketones is 1. The smallest absolute Gasteiger partial charge is 0.163 e. The van der Waals surface area contributed by atoms with Crippen molar-refractivity contribution in [1.29, 1.82) is 0 Å². The Morgan fingerprint density at radius 2 is 1.94 bits per heavy atom. The van der Waals surface area contributed by atoms with Crippen LogP contribution in [0, 0.1) is 0 Å². The average molecular weight is 295 g/mol. The number of carbonyl (C=O) groups is 1. The van der Waals surface area contributed by atoms with Gasteiger partial charge in [-0.15, -0.1) is 0 Å². The van der Waals surface area contributed by atoms with Crippen LogP contribution >= 0.6 is 15.9 Å². The van der Waals surface area contributed by atoms with Crippen LogP contribution in [0.5, 0.6) is 5.75 Å². The first-order chi connectivity index (χ1) is 8.24. The number of ether oxygens (including phenoxy) is 1. The molecule has 0 aliphatic heterocycles. The molecule has 0 unspecified atom stereocenters. The Morgan fingerprint density at radius 1 is 1.18 bits per heavy atom. The van der Waals surface area contributed by atoms with Crippen LogP contribution in [0.25, 0.3) is 0 Å². The highest BCUT2D eigenvalue weighted by atomic mass is 79.9. The summed E-state index contributed by atoms with van der Waals surface area (Å²) >= 11 is 3.51. The predicted octanol–water partition coefficient (Wildman–Crippen LogP) is 3.90. The molecule has 1 fully saturated rings. The Bertz CT molecular complexity index is 462. The molecule has 1 aromatic rings. The zero-order valence-electron chi connectivity index (χ0n) is 9.67. The number of aryl methyl sites for hydroxylation is 1. The molecule has 2 aliphatic carbocycles. The summed E-state index contributed by atoms with van der Waals surface area (Å²) in [5, 5.41) is 0. The second-order valence-electron chi connectivity index (χ2n) is 4.89. The van der Waals surface area contributed by atoms with Gasteiger partial charge in [0.1, 0.15) is 5.75 Å². The second kappa shape index (κ2) is 4.45. The van der Waals surface area contributed by atoms with E-state index in [0.717, 1.165) is 40.6 Å². The molecule has 0 radical (unpaired) electrons. The fourth-order valence-electron chi connectivity index (χ4n) is 2.72. The van der Waals surface area contributed by atoms with Crippen LogP contribution in [0.15, 0.2) is 16.6 Å². The normalized spacial score (nSPS) is 19.7. The Hall–Kier alpha value is -0.830. The number of fused-ring (bicyclic) bond motifs is 1. The highest BCUT2D eigenvalue weighted by Gasteiger charge is 2.23. The Kier molecular flexibility index (Phi) is 2.95. The molecule has 3 heteroatoms. The van der Waals surface area contributed by atoms with Crippen molar-refractivity contribution in [2.24, 2.45) is 0 Å². The molecule has 3 rings (SSSR count). The minimum absolute atomic E-state index is 0.258. The number of carbonyl (C=O) groups excluding carboxylic acids is 1. The third-order valence-corrected chi connectivity index (χ3v) is 4.30. The summed E-state index contributed by atoms with van der Waals surface area (Å²) in [6.45, 7) is 0. The van der Waals surface area contributed by atoms with E-state index in [9.17, 15) is 4.79 Å². The van der Waals surface area contributed by atoms with Crippen LogP contribution in [0.4, 0.5) is 0 Å². The third-order valence-electron chi connectivity index (χ3n) is 3.68. The standard InChI is InChI=1S/C14H15BrO2/c15-12-8-11-9(5-6-13(11)16)7-14(12)17-10-3-1-2-4-10/h7-8,10H,1-6H2. The number of hydrogen-bond acceptors (Lipinski definition) is 2. The molecule has 17 heavy (non-hydrogen) atoms. The third kappa shape index (κ3) is 2.13. The van der Waals surface area contributed by atoms with E-state index in [1.54, 1.807) is 0 Å². The van der Waals surface area contributed by atoms with E-state index < -0.39 is 0 Å². The Labute approximate surface area is 109 Å². The molecule has 0 saturated heterocycles. The van der Waals surface area contributed by atoms with Gasteiger partial charge in [-0.3, -0.25) is 4.79 Å². The van der Waals surface area contributed by atoms with E-state index in [0.29, 0.717) is 12.5 Å². The molecule has 1 saturated carbocycles. The molecule has 0 spiro atoms. The first kappa shape index (κ1) is 11.3. The van der Waals surface area contributed by atoms with Gasteiger partial charge in [-0.1, -0.05) is 0 Å². The number of rotatable bonds is 2. The molecule has 2 aliphatic rings. The molecular weight excluding hydrogens is 280 g/mol. The van der Waals surface area contributed by atoms with Crippen molar-refractivity contribution in [3.8, 4) is 5.75 Å². The Balaban J connectivity index is 1.87. The maximum Gasteiger partial charge on any atom is 0.163 e. The van der Waals surface area contributed by atoms with Crippen molar-refractivity contribution in [1.82, 2.24) is 0 Å². The summed E-state index contributed by atoms with van der Waals surface area (Å²) in [5.41, 5.74) is 2.02. The van der Waals surface area contributed by atoms with Crippen LogP contribution in [-0.4, -0.2) is 11.9 Å². The van der Waals surface area contributed by atoms with Crippen molar-refractivity contribution in [3.05, 3.63) is 27.7 Å². The van der Waals surface area contributed by atoms with Gasteiger partial charge in [-0.25, -0.2) is 0 Å². The predicted molar refractivity (Wildman–Crippen MR) is 69.7 cm³/mol. The van der Waals surface area contributed by atoms with Crippen molar-refractivity contribution < 1.29 is 9.53 Å². The van der Waals surface area contributed by atoms with Crippen LogP contribution in [0.1, 0.15) is 48.0 Å². The van der Waals surface area contributed by atoms with Gasteiger partial charge in [-0.2, -0.15) is 0 Å². The lowest BCUT2D eigenvalue weighted by molar-refractivity contribution is 0.0994. The summed E-state index contributed by atoms with van der Waals surface area (Å²) in [4.78, 5) is 11.6. The monoisotopic (exact) mass is 294 g/mol. The van der Waals surface area contributed by atoms with E-state index in [1.807, 2.05) is 12.1 Å². The molecule has 0 atom stereocenters. The quantitative estimate of drug-likeness (QED) is 0.827. The highest BCUT2D eigenvalue weighted by Crippen LogP contribution is 2.35. The van der Waals surface area contributed by atoms with Gasteiger partial charge < -0.3 is 4.74 Å². The zero-order valence-corrected chi connectivity index (χ0v) is 11.3. The van der Waals surface area contributed by atoms with Gasteiger partial charge in [-0.05, 0) is 65.7 Å². The van der Waals surface area contributed by atoms with Crippen LogP contribution in [-0.2, 0) is 6.42 Å². The fourth-order valence-corrected chi connectivity index (χ4v) is 3.16. The molecular formula is C14H15BrO2. The van der Waals surface area contributed by atoms with Crippen LogP contribution in [0.2, 0.25) is 0 Å². The summed E-state index contributed by atoms with van der Waals surface area (Å²) in [5.74, 6) is 1.17. The van der Waals surface area contributed by atoms with Crippen molar-refractivity contribution >= 4 is 21.7 Å². The molecule has 0 N–H and O–H groups in total. The molecule has 1 aromatic carbocycles. The van der Waals surface area contributed by atoms with Gasteiger partial charge in [0.2, 0.25) is 0 Å². The van der Waals surface area contributed by atoms with E-state index in [1.165, 1.54) is 12.8 Å². The maximum atomic E-state index is 11.6. The van der Waals surface area contributed by atoms with Gasteiger partial charge >= 0.3 is 0 Å².